The van der Waals surface area contributed by atoms with Gasteiger partial charge < -0.3 is 14.9 Å². The van der Waals surface area contributed by atoms with E-state index in [1.807, 2.05) is 6.92 Å². The van der Waals surface area contributed by atoms with Crippen molar-refractivity contribution in [2.24, 2.45) is 5.92 Å². The number of allylic oxidation sites excluding steroid dienone is 3. The molecule has 4 unspecified atom stereocenters. The Balaban J connectivity index is 2.29. The van der Waals surface area contributed by atoms with Gasteiger partial charge in [0, 0.05) is 11.5 Å². The van der Waals surface area contributed by atoms with Crippen molar-refractivity contribution in [2.45, 2.75) is 77.1 Å². The first-order valence-corrected chi connectivity index (χ1v) is 8.82. The van der Waals surface area contributed by atoms with Gasteiger partial charge >= 0.3 is 5.97 Å². The van der Waals surface area contributed by atoms with Gasteiger partial charge in [-0.2, -0.15) is 0 Å². The van der Waals surface area contributed by atoms with Gasteiger partial charge in [-0.3, -0.25) is 0 Å². The molecule has 4 nitrogen and oxygen atoms in total. The molecule has 1 heterocycles. The zero-order valence-corrected chi connectivity index (χ0v) is 15.0. The zero-order chi connectivity index (χ0) is 17.9. The van der Waals surface area contributed by atoms with Gasteiger partial charge in [0.2, 0.25) is 0 Å². The molecule has 0 aromatic carbocycles. The maximum absolute atomic E-state index is 12.1. The maximum atomic E-state index is 12.1. The van der Waals surface area contributed by atoms with E-state index >= 15 is 0 Å². The number of carbonyl (C=O) groups is 1. The molecular weight excluding hydrogens is 304 g/mol. The number of carbonyl (C=O) groups excluding carboxylic acids is 1. The number of esters is 1. The van der Waals surface area contributed by atoms with Gasteiger partial charge in [-0.15, -0.1) is 0 Å². The van der Waals surface area contributed by atoms with Gasteiger partial charge in [-0.1, -0.05) is 29.9 Å². The van der Waals surface area contributed by atoms with Crippen LogP contribution in [0.25, 0.3) is 0 Å². The number of ether oxygens (including phenoxy) is 1. The highest BCUT2D eigenvalue weighted by Gasteiger charge is 2.43. The second-order valence-corrected chi connectivity index (χ2v) is 7.57. The Kier molecular flexibility index (Phi) is 6.05. The highest BCUT2D eigenvalue weighted by molar-refractivity contribution is 5.89. The third-order valence-corrected chi connectivity index (χ3v) is 5.29. The van der Waals surface area contributed by atoms with Crippen LogP contribution in [0.15, 0.2) is 35.5 Å². The second kappa shape index (κ2) is 7.66. The fourth-order valence-electron chi connectivity index (χ4n) is 3.52. The maximum Gasteiger partial charge on any atom is 0.334 e. The van der Waals surface area contributed by atoms with E-state index in [1.165, 1.54) is 5.57 Å². The Bertz CT molecular complexity index is 556. The molecule has 1 fully saturated rings. The molecule has 0 amide bonds. The summed E-state index contributed by atoms with van der Waals surface area (Å²) in [5.41, 5.74) is 1.60. The van der Waals surface area contributed by atoms with Crippen LogP contribution in [0.2, 0.25) is 0 Å². The van der Waals surface area contributed by atoms with Crippen LogP contribution < -0.4 is 0 Å². The highest BCUT2D eigenvalue weighted by atomic mass is 16.6. The molecule has 0 radical (unpaired) electrons. The number of aliphatic hydroxyl groups is 2. The summed E-state index contributed by atoms with van der Waals surface area (Å²) < 4.78 is 5.41. The lowest BCUT2D eigenvalue weighted by Crippen LogP contribution is -2.49. The van der Waals surface area contributed by atoms with Crippen molar-refractivity contribution in [2.75, 3.05) is 0 Å². The largest absolute Gasteiger partial charge is 0.456 e. The SMILES string of the molecule is C=C1C(=O)OC2CC1C(O)CC(C)=CCC/C(C)=C\CCC2(C)O. The monoisotopic (exact) mass is 334 g/mol. The average molecular weight is 334 g/mol. The van der Waals surface area contributed by atoms with E-state index in [0.717, 1.165) is 24.8 Å². The van der Waals surface area contributed by atoms with Crippen molar-refractivity contribution >= 4 is 5.97 Å². The summed E-state index contributed by atoms with van der Waals surface area (Å²) in [6, 6.07) is 0. The van der Waals surface area contributed by atoms with E-state index < -0.39 is 23.8 Å². The molecule has 2 bridgehead atoms. The van der Waals surface area contributed by atoms with Gasteiger partial charge in [0.15, 0.2) is 0 Å². The van der Waals surface area contributed by atoms with E-state index in [9.17, 15) is 15.0 Å². The summed E-state index contributed by atoms with van der Waals surface area (Å²) in [6.45, 7) is 9.62. The lowest BCUT2D eigenvalue weighted by atomic mass is 9.78. The predicted molar refractivity (Wildman–Crippen MR) is 94.4 cm³/mol. The van der Waals surface area contributed by atoms with E-state index in [4.69, 9.17) is 4.74 Å². The molecule has 2 N–H and O–H groups in total. The first kappa shape index (κ1) is 18.9. The Morgan fingerprint density at radius 3 is 2.62 bits per heavy atom. The average Bonchev–Trinajstić information content (AvgIpc) is 2.48. The van der Waals surface area contributed by atoms with E-state index in [2.05, 4.69) is 25.7 Å². The van der Waals surface area contributed by atoms with Gasteiger partial charge in [0.05, 0.1) is 11.7 Å². The summed E-state index contributed by atoms with van der Waals surface area (Å²) in [5.74, 6) is -0.873. The molecule has 134 valence electrons. The summed E-state index contributed by atoms with van der Waals surface area (Å²) in [4.78, 5) is 12.1. The Morgan fingerprint density at radius 2 is 1.92 bits per heavy atom. The smallest absolute Gasteiger partial charge is 0.334 e. The molecule has 1 aliphatic carbocycles. The van der Waals surface area contributed by atoms with Crippen LogP contribution in [0.1, 0.15) is 59.3 Å². The topological polar surface area (TPSA) is 66.8 Å². The minimum atomic E-state index is -1.11. The molecular formula is C20H30O4. The van der Waals surface area contributed by atoms with Crippen LogP contribution in [0.5, 0.6) is 0 Å². The molecule has 1 aliphatic heterocycles. The number of hydrogen-bond acceptors (Lipinski definition) is 4. The molecule has 4 atom stereocenters. The Morgan fingerprint density at radius 1 is 1.25 bits per heavy atom. The second-order valence-electron chi connectivity index (χ2n) is 7.57. The number of fused-ring (bicyclic) bond motifs is 2. The van der Waals surface area contributed by atoms with E-state index in [0.29, 0.717) is 24.8 Å². The molecule has 0 saturated carbocycles. The van der Waals surface area contributed by atoms with Gasteiger partial charge in [-0.25, -0.2) is 4.79 Å². The molecule has 2 aliphatic rings. The van der Waals surface area contributed by atoms with Crippen LogP contribution >= 0.6 is 0 Å². The summed E-state index contributed by atoms with van der Waals surface area (Å²) >= 11 is 0. The molecule has 1 saturated heterocycles. The predicted octanol–water partition coefficient (Wildman–Crippen LogP) is 3.44. The lowest BCUT2D eigenvalue weighted by Gasteiger charge is -2.40. The first-order valence-electron chi connectivity index (χ1n) is 8.82. The fraction of sp³-hybridized carbons (Fsp3) is 0.650. The number of hydrogen-bond donors (Lipinski definition) is 2. The van der Waals surface area contributed by atoms with Gasteiger partial charge in [0.1, 0.15) is 6.10 Å². The third-order valence-electron chi connectivity index (χ3n) is 5.29. The van der Waals surface area contributed by atoms with Gasteiger partial charge in [0.25, 0.3) is 0 Å². The van der Waals surface area contributed by atoms with Gasteiger partial charge in [-0.05, 0) is 59.3 Å². The Hall–Kier alpha value is -1.39. The van der Waals surface area contributed by atoms with Crippen molar-refractivity contribution in [3.8, 4) is 0 Å². The fourth-order valence-corrected chi connectivity index (χ4v) is 3.52. The van der Waals surface area contributed by atoms with Crippen LogP contribution in [0, 0.1) is 5.92 Å². The van der Waals surface area contributed by atoms with Crippen LogP contribution in [-0.2, 0) is 9.53 Å². The molecule has 2 rings (SSSR count). The normalized spacial score (nSPS) is 38.5. The van der Waals surface area contributed by atoms with Crippen molar-refractivity contribution in [3.05, 3.63) is 35.5 Å². The van der Waals surface area contributed by atoms with Crippen molar-refractivity contribution in [1.29, 1.82) is 0 Å². The highest BCUT2D eigenvalue weighted by Crippen LogP contribution is 2.36. The number of rotatable bonds is 0. The molecule has 4 heteroatoms. The standard InChI is InChI=1S/C20H30O4/c1-13-7-5-8-14(2)11-17(21)16-12-18(24-19(22)15(16)3)20(4,23)10-6-9-13/h8-9,16-18,21,23H,3,5-7,10-12H2,1-2,4H3/b13-9-,14-8?. The zero-order valence-electron chi connectivity index (χ0n) is 15.0. The first-order chi connectivity index (χ1) is 11.2. The van der Waals surface area contributed by atoms with Crippen molar-refractivity contribution in [1.82, 2.24) is 0 Å². The van der Waals surface area contributed by atoms with Crippen LogP contribution in [0.4, 0.5) is 0 Å². The molecule has 24 heavy (non-hydrogen) atoms. The molecule has 0 spiro atoms. The van der Waals surface area contributed by atoms with E-state index in [-0.39, 0.29) is 5.92 Å². The van der Waals surface area contributed by atoms with Crippen LogP contribution in [-0.4, -0.2) is 34.0 Å². The van der Waals surface area contributed by atoms with Crippen molar-refractivity contribution in [3.63, 3.8) is 0 Å². The summed E-state index contributed by atoms with van der Waals surface area (Å²) in [5, 5.41) is 21.4. The number of aliphatic hydroxyl groups excluding tert-OH is 1. The minimum Gasteiger partial charge on any atom is -0.456 e. The summed E-state index contributed by atoms with van der Waals surface area (Å²) in [7, 11) is 0. The van der Waals surface area contributed by atoms with Crippen LogP contribution in [0.3, 0.4) is 0 Å². The minimum absolute atomic E-state index is 0.310. The summed E-state index contributed by atoms with van der Waals surface area (Å²) in [6.07, 6.45) is 7.11. The molecule has 0 aromatic heterocycles. The lowest BCUT2D eigenvalue weighted by molar-refractivity contribution is -0.171. The Labute approximate surface area is 144 Å². The quantitative estimate of drug-likeness (QED) is 0.404. The molecule has 0 aromatic rings. The van der Waals surface area contributed by atoms with Crippen molar-refractivity contribution < 1.29 is 19.7 Å². The van der Waals surface area contributed by atoms with E-state index in [1.54, 1.807) is 6.92 Å². The third kappa shape index (κ3) is 4.58.